The third kappa shape index (κ3) is 2.54. The van der Waals surface area contributed by atoms with Gasteiger partial charge in [-0.1, -0.05) is 49.4 Å². The van der Waals surface area contributed by atoms with Crippen LogP contribution in [0.5, 0.6) is 0 Å². The minimum Gasteiger partial charge on any atom is -0.456 e. The molecule has 2 aromatic heterocycles. The van der Waals surface area contributed by atoms with E-state index in [1.54, 1.807) is 6.07 Å². The van der Waals surface area contributed by atoms with Crippen LogP contribution in [0.3, 0.4) is 0 Å². The van der Waals surface area contributed by atoms with E-state index in [-0.39, 0.29) is 5.63 Å². The topological polar surface area (TPSA) is 43.4 Å². The molecule has 3 heteroatoms. The Balaban J connectivity index is 1.81. The van der Waals surface area contributed by atoms with Crippen molar-refractivity contribution in [2.24, 2.45) is 0 Å². The number of rotatable bonds is 3. The summed E-state index contributed by atoms with van der Waals surface area (Å²) in [5.74, 6) is 1.44. The highest BCUT2D eigenvalue weighted by Crippen LogP contribution is 2.32. The average Bonchev–Trinajstić information content (AvgIpc) is 3.11. The van der Waals surface area contributed by atoms with Crippen LogP contribution in [-0.2, 0) is 6.42 Å². The number of aryl methyl sites for hydroxylation is 1. The quantitative estimate of drug-likeness (QED) is 0.483. The molecule has 4 aromatic rings. The molecule has 0 aliphatic rings. The second-order valence-electron chi connectivity index (χ2n) is 5.69. The molecule has 24 heavy (non-hydrogen) atoms. The minimum atomic E-state index is -0.381. The first-order valence-electron chi connectivity index (χ1n) is 7.97. The van der Waals surface area contributed by atoms with E-state index >= 15 is 0 Å². The standard InChI is InChI=1S/C21H16O3/c1-2-14-7-9-15(10-8-14)18-11-12-20(23-18)17-13-21(22)24-19-6-4-3-5-16(17)19/h3-13H,2H2,1H3. The number of furan rings is 1. The van der Waals surface area contributed by atoms with Gasteiger partial charge in [-0.25, -0.2) is 4.79 Å². The average molecular weight is 316 g/mol. The Morgan fingerprint density at radius 3 is 2.38 bits per heavy atom. The number of hydrogen-bond acceptors (Lipinski definition) is 3. The zero-order valence-electron chi connectivity index (χ0n) is 13.3. The van der Waals surface area contributed by atoms with E-state index in [2.05, 4.69) is 31.2 Å². The Kier molecular flexibility index (Phi) is 3.54. The van der Waals surface area contributed by atoms with Crippen molar-refractivity contribution in [2.75, 3.05) is 0 Å². The van der Waals surface area contributed by atoms with Gasteiger partial charge >= 0.3 is 5.63 Å². The lowest BCUT2D eigenvalue weighted by atomic mass is 10.1. The van der Waals surface area contributed by atoms with Gasteiger partial charge in [0.25, 0.3) is 0 Å². The first kappa shape index (κ1) is 14.5. The largest absolute Gasteiger partial charge is 0.456 e. The Morgan fingerprint density at radius 1 is 0.833 bits per heavy atom. The molecule has 0 saturated heterocycles. The number of benzene rings is 2. The van der Waals surface area contributed by atoms with Gasteiger partial charge in [0.2, 0.25) is 0 Å². The van der Waals surface area contributed by atoms with Gasteiger partial charge in [0.1, 0.15) is 17.1 Å². The molecular weight excluding hydrogens is 300 g/mol. The Morgan fingerprint density at radius 2 is 1.58 bits per heavy atom. The van der Waals surface area contributed by atoms with Crippen LogP contribution >= 0.6 is 0 Å². The summed E-state index contributed by atoms with van der Waals surface area (Å²) in [6.07, 6.45) is 1.01. The third-order valence-corrected chi connectivity index (χ3v) is 4.17. The fraction of sp³-hybridized carbons (Fsp3) is 0.0952. The lowest BCUT2D eigenvalue weighted by Gasteiger charge is -2.03. The monoisotopic (exact) mass is 316 g/mol. The molecule has 0 aliphatic heterocycles. The maximum absolute atomic E-state index is 11.8. The number of hydrogen-bond donors (Lipinski definition) is 0. The molecule has 0 spiro atoms. The molecular formula is C21H16O3. The van der Waals surface area contributed by atoms with Gasteiger partial charge in [0.05, 0.1) is 0 Å². The fourth-order valence-electron chi connectivity index (χ4n) is 2.86. The summed E-state index contributed by atoms with van der Waals surface area (Å²) in [6.45, 7) is 2.13. The highest BCUT2D eigenvalue weighted by molar-refractivity contribution is 5.91. The summed E-state index contributed by atoms with van der Waals surface area (Å²) in [7, 11) is 0. The van der Waals surface area contributed by atoms with E-state index in [1.807, 2.05) is 30.3 Å². The zero-order chi connectivity index (χ0) is 16.5. The van der Waals surface area contributed by atoms with Crippen LogP contribution in [0.4, 0.5) is 0 Å². The summed E-state index contributed by atoms with van der Waals surface area (Å²) >= 11 is 0. The van der Waals surface area contributed by atoms with E-state index in [0.717, 1.165) is 28.7 Å². The van der Waals surface area contributed by atoms with Crippen LogP contribution in [0.15, 0.2) is 80.4 Å². The number of fused-ring (bicyclic) bond motifs is 1. The van der Waals surface area contributed by atoms with Gasteiger partial charge in [-0.05, 0) is 30.2 Å². The Labute approximate surface area is 139 Å². The van der Waals surface area contributed by atoms with Crippen molar-refractivity contribution in [3.63, 3.8) is 0 Å². The Hall–Kier alpha value is -3.07. The predicted molar refractivity (Wildman–Crippen MR) is 95.0 cm³/mol. The molecule has 0 saturated carbocycles. The first-order valence-corrected chi connectivity index (χ1v) is 7.97. The van der Waals surface area contributed by atoms with Crippen molar-refractivity contribution in [1.29, 1.82) is 0 Å². The van der Waals surface area contributed by atoms with Crippen LogP contribution in [0, 0.1) is 0 Å². The molecule has 0 amide bonds. The van der Waals surface area contributed by atoms with Crippen molar-refractivity contribution in [1.82, 2.24) is 0 Å². The summed E-state index contributed by atoms with van der Waals surface area (Å²) < 4.78 is 11.3. The smallest absolute Gasteiger partial charge is 0.336 e. The van der Waals surface area contributed by atoms with E-state index in [9.17, 15) is 4.79 Å². The van der Waals surface area contributed by atoms with E-state index in [4.69, 9.17) is 8.83 Å². The second-order valence-corrected chi connectivity index (χ2v) is 5.69. The van der Waals surface area contributed by atoms with Crippen molar-refractivity contribution in [2.45, 2.75) is 13.3 Å². The van der Waals surface area contributed by atoms with Gasteiger partial charge in [0, 0.05) is 22.6 Å². The fourth-order valence-corrected chi connectivity index (χ4v) is 2.86. The third-order valence-electron chi connectivity index (χ3n) is 4.17. The second kappa shape index (κ2) is 5.85. The lowest BCUT2D eigenvalue weighted by Crippen LogP contribution is -1.97. The molecule has 0 atom stereocenters. The van der Waals surface area contributed by atoms with Crippen LogP contribution in [0.1, 0.15) is 12.5 Å². The van der Waals surface area contributed by atoms with Crippen LogP contribution in [-0.4, -0.2) is 0 Å². The van der Waals surface area contributed by atoms with Gasteiger partial charge in [-0.3, -0.25) is 0 Å². The molecule has 4 rings (SSSR count). The normalized spacial score (nSPS) is 11.0. The molecule has 118 valence electrons. The van der Waals surface area contributed by atoms with Crippen molar-refractivity contribution < 1.29 is 8.83 Å². The molecule has 0 radical (unpaired) electrons. The molecule has 2 aromatic carbocycles. The summed E-state index contributed by atoms with van der Waals surface area (Å²) in [6, 6.07) is 21.1. The summed E-state index contributed by atoms with van der Waals surface area (Å²) in [5.41, 5.74) is 3.24. The van der Waals surface area contributed by atoms with Gasteiger partial charge in [-0.2, -0.15) is 0 Å². The van der Waals surface area contributed by atoms with Gasteiger partial charge in [0.15, 0.2) is 0 Å². The molecule has 0 fully saturated rings. The van der Waals surface area contributed by atoms with Crippen molar-refractivity contribution in [3.8, 4) is 22.6 Å². The van der Waals surface area contributed by atoms with E-state index in [1.165, 1.54) is 11.6 Å². The Bertz CT molecular complexity index is 1050. The van der Waals surface area contributed by atoms with Gasteiger partial charge < -0.3 is 8.83 Å². The molecule has 0 bridgehead atoms. The molecule has 2 heterocycles. The lowest BCUT2D eigenvalue weighted by molar-refractivity contribution is 0.558. The highest BCUT2D eigenvalue weighted by Gasteiger charge is 2.12. The van der Waals surface area contributed by atoms with Crippen molar-refractivity contribution >= 4 is 11.0 Å². The maximum atomic E-state index is 11.8. The number of para-hydroxylation sites is 1. The summed E-state index contributed by atoms with van der Waals surface area (Å²) in [5, 5.41) is 0.860. The van der Waals surface area contributed by atoms with E-state index in [0.29, 0.717) is 11.3 Å². The maximum Gasteiger partial charge on any atom is 0.336 e. The van der Waals surface area contributed by atoms with Crippen LogP contribution in [0.2, 0.25) is 0 Å². The molecule has 0 N–H and O–H groups in total. The predicted octanol–water partition coefficient (Wildman–Crippen LogP) is 5.28. The highest BCUT2D eigenvalue weighted by atomic mass is 16.4. The van der Waals surface area contributed by atoms with Crippen LogP contribution in [0.25, 0.3) is 33.6 Å². The van der Waals surface area contributed by atoms with Crippen molar-refractivity contribution in [3.05, 3.63) is 82.7 Å². The van der Waals surface area contributed by atoms with E-state index < -0.39 is 0 Å². The molecule has 3 nitrogen and oxygen atoms in total. The SMILES string of the molecule is CCc1ccc(-c2ccc(-c3cc(=O)oc4ccccc34)o2)cc1. The van der Waals surface area contributed by atoms with Gasteiger partial charge in [-0.15, -0.1) is 0 Å². The first-order chi connectivity index (χ1) is 11.7. The molecule has 0 unspecified atom stereocenters. The molecule has 0 aliphatic carbocycles. The zero-order valence-corrected chi connectivity index (χ0v) is 13.3. The van der Waals surface area contributed by atoms with Crippen LogP contribution < -0.4 is 5.63 Å². The minimum absolute atomic E-state index is 0.381. The summed E-state index contributed by atoms with van der Waals surface area (Å²) in [4.78, 5) is 11.8.